The van der Waals surface area contributed by atoms with E-state index in [4.69, 9.17) is 19.9 Å². The molecule has 0 aliphatic heterocycles. The highest BCUT2D eigenvalue weighted by Crippen LogP contribution is 2.15. The Labute approximate surface area is 192 Å². The van der Waals surface area contributed by atoms with Gasteiger partial charge in [-0.2, -0.15) is 0 Å². The van der Waals surface area contributed by atoms with E-state index in [0.717, 1.165) is 5.56 Å². The third-order valence-electron chi connectivity index (χ3n) is 4.22. The van der Waals surface area contributed by atoms with Crippen molar-refractivity contribution in [2.24, 2.45) is 11.1 Å². The molecule has 0 fully saturated rings. The summed E-state index contributed by atoms with van der Waals surface area (Å²) in [5.41, 5.74) is 5.10. The van der Waals surface area contributed by atoms with Gasteiger partial charge in [-0.05, 0) is 39.7 Å². The fraction of sp³-hybridized carbons (Fsp3) is 0.500. The number of nitrogens with two attached hydrogens (primary N) is 1. The Morgan fingerprint density at radius 3 is 2.18 bits per heavy atom. The highest BCUT2D eigenvalue weighted by molar-refractivity contribution is 5.89. The highest BCUT2D eigenvalue weighted by atomic mass is 16.7. The Bertz CT molecular complexity index is 836. The van der Waals surface area contributed by atoms with Gasteiger partial charge in [-0.15, -0.1) is 0 Å². The van der Waals surface area contributed by atoms with Crippen molar-refractivity contribution in [1.82, 2.24) is 10.6 Å². The molecule has 182 valence electrons. The summed E-state index contributed by atoms with van der Waals surface area (Å²) in [6.45, 7) is 5.64. The number of primary amides is 1. The Morgan fingerprint density at radius 2 is 1.61 bits per heavy atom. The van der Waals surface area contributed by atoms with Crippen LogP contribution in [-0.4, -0.2) is 48.7 Å². The second kappa shape index (κ2) is 13.0. The lowest BCUT2D eigenvalue weighted by Crippen LogP contribution is -2.51. The Hall–Kier alpha value is -3.63. The van der Waals surface area contributed by atoms with Crippen LogP contribution < -0.4 is 16.4 Å². The number of ether oxygens (including phenoxy) is 3. The molecule has 1 aromatic carbocycles. The minimum atomic E-state index is -1.25. The molecule has 0 aromatic heterocycles. The average Bonchev–Trinajstić information content (AvgIpc) is 2.74. The van der Waals surface area contributed by atoms with Crippen molar-refractivity contribution in [3.8, 4) is 0 Å². The van der Waals surface area contributed by atoms with Crippen LogP contribution >= 0.6 is 0 Å². The molecule has 0 saturated carbocycles. The van der Waals surface area contributed by atoms with Crippen LogP contribution in [0.3, 0.4) is 0 Å². The molecule has 11 nitrogen and oxygen atoms in total. The van der Waals surface area contributed by atoms with Crippen molar-refractivity contribution in [2.75, 3.05) is 6.79 Å². The predicted octanol–water partition coefficient (Wildman–Crippen LogP) is 1.14. The molecule has 0 aliphatic rings. The molecular formula is C22H31N3O8. The lowest BCUT2D eigenvalue weighted by molar-refractivity contribution is -0.174. The molecule has 4 N–H and O–H groups in total. The summed E-state index contributed by atoms with van der Waals surface area (Å²) in [6, 6.07) is 6.65. The van der Waals surface area contributed by atoms with Crippen molar-refractivity contribution < 1.29 is 38.2 Å². The van der Waals surface area contributed by atoms with Gasteiger partial charge in [0.25, 0.3) is 0 Å². The first-order chi connectivity index (χ1) is 15.4. The third-order valence-corrected chi connectivity index (χ3v) is 4.22. The molecule has 33 heavy (non-hydrogen) atoms. The standard InChI is InChI=1S/C22H31N3O8/c1-14(24-21(30)31-12-15-8-6-5-7-9-15)18(27)25-16(10-11-17(23)26)19(28)32-13-33-20(29)22(2,3)4/h5-9,14,16H,10-13H2,1-4H3,(H2,23,26)(H,24,30)(H,25,27)/t14-,16+/m0/s1. The summed E-state index contributed by atoms with van der Waals surface area (Å²) in [5, 5.41) is 4.73. The van der Waals surface area contributed by atoms with Gasteiger partial charge in [0.1, 0.15) is 18.7 Å². The van der Waals surface area contributed by atoms with E-state index in [9.17, 15) is 24.0 Å². The average molecular weight is 466 g/mol. The fourth-order valence-corrected chi connectivity index (χ4v) is 2.30. The zero-order valence-electron chi connectivity index (χ0n) is 19.2. The summed E-state index contributed by atoms with van der Waals surface area (Å²) in [6.07, 6.45) is -1.17. The minimum absolute atomic E-state index is 0.0157. The smallest absolute Gasteiger partial charge is 0.408 e. The molecule has 0 bridgehead atoms. The van der Waals surface area contributed by atoms with Crippen molar-refractivity contribution in [2.45, 2.75) is 59.2 Å². The minimum Gasteiger partial charge on any atom is -0.445 e. The number of carbonyl (C=O) groups is 5. The first-order valence-corrected chi connectivity index (χ1v) is 10.3. The monoisotopic (exact) mass is 465 g/mol. The normalized spacial score (nSPS) is 12.6. The molecule has 1 aromatic rings. The lowest BCUT2D eigenvalue weighted by atomic mass is 9.98. The van der Waals surface area contributed by atoms with E-state index in [1.807, 2.05) is 6.07 Å². The summed E-state index contributed by atoms with van der Waals surface area (Å²) >= 11 is 0. The molecule has 11 heteroatoms. The van der Waals surface area contributed by atoms with Crippen LogP contribution in [0.15, 0.2) is 30.3 Å². The maximum absolute atomic E-state index is 12.4. The van der Waals surface area contributed by atoms with Gasteiger partial charge in [0.2, 0.25) is 18.6 Å². The molecule has 3 amide bonds. The van der Waals surface area contributed by atoms with Gasteiger partial charge >= 0.3 is 18.0 Å². The maximum Gasteiger partial charge on any atom is 0.408 e. The first kappa shape index (κ1) is 27.4. The lowest BCUT2D eigenvalue weighted by Gasteiger charge is -2.21. The second-order valence-corrected chi connectivity index (χ2v) is 8.26. The molecule has 2 atom stereocenters. The number of nitrogens with one attached hydrogen (secondary N) is 2. The number of hydrogen-bond acceptors (Lipinski definition) is 8. The topological polar surface area (TPSA) is 163 Å². The van der Waals surface area contributed by atoms with Gasteiger partial charge in [0, 0.05) is 6.42 Å². The van der Waals surface area contributed by atoms with E-state index in [0.29, 0.717) is 0 Å². The number of esters is 2. The van der Waals surface area contributed by atoms with E-state index in [-0.39, 0.29) is 19.4 Å². The number of benzene rings is 1. The molecular weight excluding hydrogens is 434 g/mol. The van der Waals surface area contributed by atoms with Crippen LogP contribution in [0.1, 0.15) is 46.1 Å². The Balaban J connectivity index is 2.59. The third kappa shape index (κ3) is 11.0. The van der Waals surface area contributed by atoms with Crippen molar-refractivity contribution in [1.29, 1.82) is 0 Å². The second-order valence-electron chi connectivity index (χ2n) is 8.26. The number of amides is 3. The van der Waals surface area contributed by atoms with Crippen LogP contribution in [0, 0.1) is 5.41 Å². The number of carbonyl (C=O) groups excluding carboxylic acids is 5. The van der Waals surface area contributed by atoms with Gasteiger partial charge < -0.3 is 30.6 Å². The predicted molar refractivity (Wildman–Crippen MR) is 116 cm³/mol. The summed E-state index contributed by atoms with van der Waals surface area (Å²) in [5.74, 6) is -2.91. The molecule has 0 unspecified atom stereocenters. The first-order valence-electron chi connectivity index (χ1n) is 10.3. The summed E-state index contributed by atoms with van der Waals surface area (Å²) in [4.78, 5) is 59.6. The van der Waals surface area contributed by atoms with Gasteiger partial charge in [0.05, 0.1) is 5.41 Å². The zero-order chi connectivity index (χ0) is 25.0. The van der Waals surface area contributed by atoms with E-state index >= 15 is 0 Å². The Kier molecular flexibility index (Phi) is 10.8. The summed E-state index contributed by atoms with van der Waals surface area (Å²) < 4.78 is 14.8. The van der Waals surface area contributed by atoms with E-state index in [1.165, 1.54) is 6.92 Å². The maximum atomic E-state index is 12.4. The van der Waals surface area contributed by atoms with Crippen LogP contribution in [-0.2, 0) is 40.0 Å². The van der Waals surface area contributed by atoms with Gasteiger partial charge in [-0.3, -0.25) is 14.4 Å². The molecule has 0 spiro atoms. The zero-order valence-corrected chi connectivity index (χ0v) is 19.2. The molecule has 1 rings (SSSR count). The largest absolute Gasteiger partial charge is 0.445 e. The highest BCUT2D eigenvalue weighted by Gasteiger charge is 2.28. The van der Waals surface area contributed by atoms with Crippen LogP contribution in [0.5, 0.6) is 0 Å². The van der Waals surface area contributed by atoms with E-state index in [2.05, 4.69) is 10.6 Å². The van der Waals surface area contributed by atoms with Gasteiger partial charge in [-0.25, -0.2) is 9.59 Å². The van der Waals surface area contributed by atoms with Gasteiger partial charge in [-0.1, -0.05) is 30.3 Å². The van der Waals surface area contributed by atoms with Crippen molar-refractivity contribution in [3.05, 3.63) is 35.9 Å². The number of rotatable bonds is 11. The van der Waals surface area contributed by atoms with E-state index < -0.39 is 54.1 Å². The summed E-state index contributed by atoms with van der Waals surface area (Å²) in [7, 11) is 0. The molecule has 0 aliphatic carbocycles. The van der Waals surface area contributed by atoms with Crippen LogP contribution in [0.4, 0.5) is 4.79 Å². The van der Waals surface area contributed by atoms with Crippen LogP contribution in [0.2, 0.25) is 0 Å². The van der Waals surface area contributed by atoms with Gasteiger partial charge in [0.15, 0.2) is 0 Å². The van der Waals surface area contributed by atoms with E-state index in [1.54, 1.807) is 45.0 Å². The quantitative estimate of drug-likeness (QED) is 0.323. The SMILES string of the molecule is C[C@H](NC(=O)OCc1ccccc1)C(=O)N[C@H](CCC(N)=O)C(=O)OCOC(=O)C(C)(C)C. The van der Waals surface area contributed by atoms with Crippen LogP contribution in [0.25, 0.3) is 0 Å². The number of hydrogen-bond donors (Lipinski definition) is 3. The number of alkyl carbamates (subject to hydrolysis) is 1. The Morgan fingerprint density at radius 1 is 0.970 bits per heavy atom. The molecule has 0 radical (unpaired) electrons. The molecule has 0 heterocycles. The van der Waals surface area contributed by atoms with Crippen molar-refractivity contribution >= 4 is 29.8 Å². The van der Waals surface area contributed by atoms with Crippen molar-refractivity contribution in [3.63, 3.8) is 0 Å². The fourth-order valence-electron chi connectivity index (χ4n) is 2.30. The molecule has 0 saturated heterocycles.